The summed E-state index contributed by atoms with van der Waals surface area (Å²) < 4.78 is 2.25. The van der Waals surface area contributed by atoms with Gasteiger partial charge in [-0.15, -0.1) is 12.4 Å². The van der Waals surface area contributed by atoms with Crippen molar-refractivity contribution in [2.24, 2.45) is 5.92 Å². The Hall–Kier alpha value is -1.52. The Morgan fingerprint density at radius 2 is 2.08 bits per heavy atom. The molecule has 2 N–H and O–H groups in total. The Bertz CT molecular complexity index is 662. The van der Waals surface area contributed by atoms with Crippen LogP contribution >= 0.6 is 12.4 Å². The lowest BCUT2D eigenvalue weighted by molar-refractivity contribution is -0.116. The van der Waals surface area contributed by atoms with Gasteiger partial charge in [0, 0.05) is 24.8 Å². The number of carbonyl (C=O) groups is 1. The molecule has 1 saturated heterocycles. The highest BCUT2D eigenvalue weighted by molar-refractivity contribution is 5.93. The van der Waals surface area contributed by atoms with Gasteiger partial charge in [-0.3, -0.25) is 4.79 Å². The van der Waals surface area contributed by atoms with Gasteiger partial charge in [-0.05, 0) is 68.3 Å². The van der Waals surface area contributed by atoms with Gasteiger partial charge in [0.2, 0.25) is 5.91 Å². The summed E-state index contributed by atoms with van der Waals surface area (Å²) in [7, 11) is 0. The highest BCUT2D eigenvalue weighted by atomic mass is 35.5. The van der Waals surface area contributed by atoms with Crippen molar-refractivity contribution in [1.29, 1.82) is 0 Å². The van der Waals surface area contributed by atoms with Gasteiger partial charge in [0.05, 0.1) is 5.52 Å². The molecule has 2 heterocycles. The maximum absolute atomic E-state index is 12.2. The maximum atomic E-state index is 12.2. The molecule has 1 aliphatic heterocycles. The number of benzene rings is 1. The molecule has 132 valence electrons. The first-order valence-corrected chi connectivity index (χ1v) is 8.85. The molecule has 0 spiro atoms. The molecule has 0 atom stereocenters. The first kappa shape index (κ1) is 18.8. The Labute approximate surface area is 150 Å². The van der Waals surface area contributed by atoms with Gasteiger partial charge in [-0.25, -0.2) is 0 Å². The van der Waals surface area contributed by atoms with E-state index in [1.807, 2.05) is 6.07 Å². The monoisotopic (exact) mass is 349 g/mol. The molecular formula is C19H28ClN3O. The maximum Gasteiger partial charge on any atom is 0.224 e. The predicted molar refractivity (Wildman–Crippen MR) is 103 cm³/mol. The average molecular weight is 350 g/mol. The van der Waals surface area contributed by atoms with E-state index in [-0.39, 0.29) is 18.3 Å². The molecular weight excluding hydrogens is 322 g/mol. The third kappa shape index (κ3) is 4.74. The fraction of sp³-hybridized carbons (Fsp3) is 0.526. The fourth-order valence-electron chi connectivity index (χ4n) is 3.43. The number of fused-ring (bicyclic) bond motifs is 1. The highest BCUT2D eigenvalue weighted by Crippen LogP contribution is 2.22. The molecule has 4 nitrogen and oxygen atoms in total. The minimum atomic E-state index is 0. The SMILES string of the molecule is CCCn1ccc2ccc(NC(=O)CCC3CCNCC3)cc21.Cl. The van der Waals surface area contributed by atoms with Crippen LogP contribution in [0.1, 0.15) is 39.0 Å². The van der Waals surface area contributed by atoms with Gasteiger partial charge in [-0.1, -0.05) is 13.0 Å². The average Bonchev–Trinajstić information content (AvgIpc) is 2.97. The largest absolute Gasteiger partial charge is 0.347 e. The van der Waals surface area contributed by atoms with Crippen molar-refractivity contribution >= 4 is 34.9 Å². The Balaban J connectivity index is 0.00000208. The number of piperidine rings is 1. The van der Waals surface area contributed by atoms with E-state index >= 15 is 0 Å². The van der Waals surface area contributed by atoms with Gasteiger partial charge >= 0.3 is 0 Å². The van der Waals surface area contributed by atoms with E-state index in [0.717, 1.165) is 38.2 Å². The Morgan fingerprint density at radius 3 is 2.83 bits per heavy atom. The first-order chi connectivity index (χ1) is 11.3. The smallest absolute Gasteiger partial charge is 0.224 e. The number of anilines is 1. The fourth-order valence-corrected chi connectivity index (χ4v) is 3.43. The lowest BCUT2D eigenvalue weighted by Crippen LogP contribution is -2.28. The normalized spacial score (nSPS) is 15.2. The molecule has 0 unspecified atom stereocenters. The molecule has 0 radical (unpaired) electrons. The van der Waals surface area contributed by atoms with Crippen molar-refractivity contribution in [3.8, 4) is 0 Å². The summed E-state index contributed by atoms with van der Waals surface area (Å²) in [6.45, 7) is 5.38. The number of aromatic nitrogens is 1. The standard InChI is InChI=1S/C19H27N3O.ClH/c1-2-12-22-13-9-16-4-5-17(14-18(16)22)21-19(23)6-3-15-7-10-20-11-8-15;/h4-5,9,13-15,20H,2-3,6-8,10-12H2,1H3,(H,21,23);1H. The molecule has 1 aliphatic rings. The number of nitrogens with one attached hydrogen (secondary N) is 2. The van der Waals surface area contributed by atoms with Gasteiger partial charge in [0.25, 0.3) is 0 Å². The summed E-state index contributed by atoms with van der Waals surface area (Å²) in [5.74, 6) is 0.836. The molecule has 5 heteroatoms. The quantitative estimate of drug-likeness (QED) is 0.821. The summed E-state index contributed by atoms with van der Waals surface area (Å²) in [5.41, 5.74) is 2.10. The lowest BCUT2D eigenvalue weighted by atomic mass is 9.93. The molecule has 1 amide bonds. The van der Waals surface area contributed by atoms with Crippen LogP contribution in [0.2, 0.25) is 0 Å². The van der Waals surface area contributed by atoms with Gasteiger partial charge in [-0.2, -0.15) is 0 Å². The minimum absolute atomic E-state index is 0. The van der Waals surface area contributed by atoms with Gasteiger partial charge in [0.15, 0.2) is 0 Å². The number of hydrogen-bond donors (Lipinski definition) is 2. The molecule has 24 heavy (non-hydrogen) atoms. The zero-order valence-electron chi connectivity index (χ0n) is 14.4. The molecule has 0 bridgehead atoms. The van der Waals surface area contributed by atoms with Crippen LogP contribution in [0, 0.1) is 5.92 Å². The molecule has 0 saturated carbocycles. The van der Waals surface area contributed by atoms with Crippen LogP contribution in [0.3, 0.4) is 0 Å². The van der Waals surface area contributed by atoms with Crippen LogP contribution in [-0.2, 0) is 11.3 Å². The van der Waals surface area contributed by atoms with E-state index in [1.54, 1.807) is 0 Å². The Morgan fingerprint density at radius 1 is 1.29 bits per heavy atom. The van der Waals surface area contributed by atoms with Crippen molar-refractivity contribution in [3.05, 3.63) is 30.5 Å². The van der Waals surface area contributed by atoms with E-state index in [1.165, 1.54) is 23.7 Å². The van der Waals surface area contributed by atoms with Crippen LogP contribution in [0.5, 0.6) is 0 Å². The number of carbonyl (C=O) groups excluding carboxylic acids is 1. The summed E-state index contributed by atoms with van der Waals surface area (Å²) in [6, 6.07) is 8.31. The second-order valence-corrected chi connectivity index (χ2v) is 6.56. The summed E-state index contributed by atoms with van der Waals surface area (Å²) in [6.07, 6.45) is 7.25. The first-order valence-electron chi connectivity index (χ1n) is 8.85. The lowest BCUT2D eigenvalue weighted by Gasteiger charge is -2.22. The summed E-state index contributed by atoms with van der Waals surface area (Å²) in [5, 5.41) is 7.66. The predicted octanol–water partition coefficient (Wildman–Crippen LogP) is 4.19. The van der Waals surface area contributed by atoms with E-state index in [9.17, 15) is 4.79 Å². The molecule has 1 aromatic carbocycles. The number of rotatable bonds is 6. The number of amides is 1. The molecule has 0 aliphatic carbocycles. The van der Waals surface area contributed by atoms with Crippen molar-refractivity contribution < 1.29 is 4.79 Å². The number of halogens is 1. The van der Waals surface area contributed by atoms with E-state index < -0.39 is 0 Å². The molecule has 1 fully saturated rings. The molecule has 3 rings (SSSR count). The molecule has 1 aromatic heterocycles. The van der Waals surface area contributed by atoms with Crippen LogP contribution in [-0.4, -0.2) is 23.6 Å². The third-order valence-electron chi connectivity index (χ3n) is 4.76. The summed E-state index contributed by atoms with van der Waals surface area (Å²) >= 11 is 0. The number of hydrogen-bond acceptors (Lipinski definition) is 2. The van der Waals surface area contributed by atoms with Gasteiger partial charge < -0.3 is 15.2 Å². The zero-order valence-corrected chi connectivity index (χ0v) is 15.2. The van der Waals surface area contributed by atoms with Crippen LogP contribution in [0.15, 0.2) is 30.5 Å². The Kier molecular flexibility index (Phi) is 7.13. The van der Waals surface area contributed by atoms with E-state index in [4.69, 9.17) is 0 Å². The topological polar surface area (TPSA) is 46.1 Å². The zero-order chi connectivity index (χ0) is 16.1. The summed E-state index contributed by atoms with van der Waals surface area (Å²) in [4.78, 5) is 12.2. The van der Waals surface area contributed by atoms with Crippen LogP contribution in [0.25, 0.3) is 10.9 Å². The van der Waals surface area contributed by atoms with Crippen molar-refractivity contribution in [3.63, 3.8) is 0 Å². The van der Waals surface area contributed by atoms with Crippen molar-refractivity contribution in [1.82, 2.24) is 9.88 Å². The highest BCUT2D eigenvalue weighted by Gasteiger charge is 2.14. The second kappa shape index (κ2) is 9.09. The van der Waals surface area contributed by atoms with Crippen LogP contribution < -0.4 is 10.6 Å². The second-order valence-electron chi connectivity index (χ2n) is 6.56. The third-order valence-corrected chi connectivity index (χ3v) is 4.76. The van der Waals surface area contributed by atoms with Crippen LogP contribution in [0.4, 0.5) is 5.69 Å². The number of nitrogens with zero attached hydrogens (tertiary/aromatic N) is 1. The molecule has 2 aromatic rings. The van der Waals surface area contributed by atoms with E-state index in [2.05, 4.69) is 46.5 Å². The van der Waals surface area contributed by atoms with Gasteiger partial charge in [0.1, 0.15) is 0 Å². The van der Waals surface area contributed by atoms with Crippen molar-refractivity contribution in [2.45, 2.75) is 45.6 Å². The van der Waals surface area contributed by atoms with E-state index in [0.29, 0.717) is 12.3 Å². The van der Waals surface area contributed by atoms with Crippen molar-refractivity contribution in [2.75, 3.05) is 18.4 Å². The minimum Gasteiger partial charge on any atom is -0.347 e. The number of aryl methyl sites for hydroxylation is 1.